The summed E-state index contributed by atoms with van der Waals surface area (Å²) in [4.78, 5) is 14.7. The molecule has 240 valence electrons. The van der Waals surface area contributed by atoms with Crippen LogP contribution >= 0.6 is 0 Å². The predicted octanol–water partition coefficient (Wildman–Crippen LogP) is 12.3. The van der Waals surface area contributed by atoms with Gasteiger partial charge in [-0.05, 0) is 71.8 Å². The molecule has 3 nitrogen and oxygen atoms in total. The largest absolute Gasteiger partial charge is 0.208 e. The Morgan fingerprint density at radius 1 is 0.353 bits per heavy atom. The van der Waals surface area contributed by atoms with Crippen molar-refractivity contribution in [3.8, 4) is 56.4 Å². The van der Waals surface area contributed by atoms with Gasteiger partial charge in [0.2, 0.25) is 0 Å². The number of aromatic nitrogens is 3. The molecule has 9 aromatic rings. The van der Waals surface area contributed by atoms with Crippen LogP contribution in [0.15, 0.2) is 164 Å². The summed E-state index contributed by atoms with van der Waals surface area (Å²) in [6, 6.07) is 58.4. The van der Waals surface area contributed by atoms with Crippen molar-refractivity contribution in [2.75, 3.05) is 0 Å². The average Bonchev–Trinajstić information content (AvgIpc) is 3.44. The molecule has 3 heteroatoms. The first-order chi connectivity index (χ1) is 25.0. The highest BCUT2D eigenvalue weighted by molar-refractivity contribution is 6.29. The molecule has 10 rings (SSSR count). The molecule has 0 unspecified atom stereocenters. The first-order valence-electron chi connectivity index (χ1n) is 17.5. The molecule has 0 radical (unpaired) electrons. The molecule has 51 heavy (non-hydrogen) atoms. The highest BCUT2D eigenvalue weighted by atomic mass is 15.0. The molecule has 1 aliphatic rings. The predicted molar refractivity (Wildman–Crippen MR) is 212 cm³/mol. The fraction of sp³-hybridized carbons (Fsp3) is 0.0625. The molecule has 0 aliphatic heterocycles. The first-order valence-corrected chi connectivity index (χ1v) is 17.5. The molecular formula is C48H33N3. The highest BCUT2D eigenvalue weighted by Gasteiger charge is 2.36. The molecular weight excluding hydrogens is 619 g/mol. The molecule has 1 heterocycles. The Morgan fingerprint density at radius 3 is 1.49 bits per heavy atom. The van der Waals surface area contributed by atoms with E-state index in [-0.39, 0.29) is 5.41 Å². The van der Waals surface area contributed by atoms with E-state index in [0.717, 1.165) is 22.3 Å². The zero-order chi connectivity index (χ0) is 34.1. The molecule has 0 bridgehead atoms. The zero-order valence-electron chi connectivity index (χ0n) is 28.4. The van der Waals surface area contributed by atoms with Gasteiger partial charge in [-0.15, -0.1) is 0 Å². The maximum atomic E-state index is 4.93. The third-order valence-electron chi connectivity index (χ3n) is 10.7. The van der Waals surface area contributed by atoms with E-state index in [9.17, 15) is 0 Å². The lowest BCUT2D eigenvalue weighted by Gasteiger charge is -2.22. The van der Waals surface area contributed by atoms with Crippen molar-refractivity contribution in [2.45, 2.75) is 19.3 Å². The Labute approximate surface area is 297 Å². The minimum Gasteiger partial charge on any atom is -0.208 e. The molecule has 0 atom stereocenters. The molecule has 0 fully saturated rings. The molecule has 8 aromatic carbocycles. The fourth-order valence-electron chi connectivity index (χ4n) is 8.17. The molecule has 0 amide bonds. The van der Waals surface area contributed by atoms with E-state index in [1.165, 1.54) is 60.1 Å². The quantitative estimate of drug-likeness (QED) is 0.178. The second-order valence-corrected chi connectivity index (χ2v) is 14.0. The van der Waals surface area contributed by atoms with Crippen molar-refractivity contribution in [1.29, 1.82) is 0 Å². The van der Waals surface area contributed by atoms with Crippen LogP contribution in [0.1, 0.15) is 25.0 Å². The van der Waals surface area contributed by atoms with E-state index in [4.69, 9.17) is 15.0 Å². The van der Waals surface area contributed by atoms with Gasteiger partial charge in [0.25, 0.3) is 0 Å². The Morgan fingerprint density at radius 2 is 0.824 bits per heavy atom. The monoisotopic (exact) mass is 651 g/mol. The van der Waals surface area contributed by atoms with E-state index < -0.39 is 0 Å². The maximum Gasteiger partial charge on any atom is 0.164 e. The zero-order valence-corrected chi connectivity index (χ0v) is 28.4. The third-order valence-corrected chi connectivity index (χ3v) is 10.7. The van der Waals surface area contributed by atoms with Gasteiger partial charge in [-0.25, -0.2) is 15.0 Å². The van der Waals surface area contributed by atoms with E-state index in [1.807, 2.05) is 60.7 Å². The number of benzene rings is 8. The molecule has 0 saturated carbocycles. The number of hydrogen-bond acceptors (Lipinski definition) is 3. The molecule has 0 spiro atoms. The normalized spacial score (nSPS) is 13.1. The van der Waals surface area contributed by atoms with Crippen LogP contribution in [-0.4, -0.2) is 15.0 Å². The van der Waals surface area contributed by atoms with Crippen molar-refractivity contribution in [3.05, 3.63) is 175 Å². The minimum atomic E-state index is -0.0419. The molecule has 0 saturated heterocycles. The van der Waals surface area contributed by atoms with E-state index >= 15 is 0 Å². The number of hydrogen-bond donors (Lipinski definition) is 0. The topological polar surface area (TPSA) is 38.7 Å². The number of fused-ring (bicyclic) bond motifs is 10. The van der Waals surface area contributed by atoms with Crippen LogP contribution in [0.5, 0.6) is 0 Å². The average molecular weight is 652 g/mol. The second-order valence-electron chi connectivity index (χ2n) is 14.0. The Hall–Kier alpha value is -6.45. The van der Waals surface area contributed by atoms with E-state index in [2.05, 4.69) is 117 Å². The summed E-state index contributed by atoms with van der Waals surface area (Å²) in [6.07, 6.45) is 0. The van der Waals surface area contributed by atoms with E-state index in [0.29, 0.717) is 17.5 Å². The summed E-state index contributed by atoms with van der Waals surface area (Å²) in [6.45, 7) is 4.71. The summed E-state index contributed by atoms with van der Waals surface area (Å²) in [5.74, 6) is 1.98. The molecule has 1 aliphatic carbocycles. The second kappa shape index (κ2) is 11.3. The van der Waals surface area contributed by atoms with Gasteiger partial charge in [-0.2, -0.15) is 0 Å². The number of rotatable bonds is 4. The van der Waals surface area contributed by atoms with E-state index in [1.54, 1.807) is 0 Å². The van der Waals surface area contributed by atoms with Crippen LogP contribution < -0.4 is 0 Å². The van der Waals surface area contributed by atoms with Crippen LogP contribution in [0.2, 0.25) is 0 Å². The highest BCUT2D eigenvalue weighted by Crippen LogP contribution is 2.53. The SMILES string of the molecule is CC1(C)c2ccccc2-c2c1ccc1c3ccc(-c4ccc(-c5nc(-c6ccccc6)nc(-c6ccccc6)n5)cc4)cc3c3ccccc3c21. The van der Waals surface area contributed by atoms with Gasteiger partial charge in [-0.3, -0.25) is 0 Å². The van der Waals surface area contributed by atoms with Gasteiger partial charge < -0.3 is 0 Å². The molecule has 1 aromatic heterocycles. The number of nitrogens with zero attached hydrogens (tertiary/aromatic N) is 3. The first kappa shape index (κ1) is 29.5. The fourth-order valence-corrected chi connectivity index (χ4v) is 8.17. The lowest BCUT2D eigenvalue weighted by atomic mass is 9.81. The van der Waals surface area contributed by atoms with Crippen molar-refractivity contribution in [2.24, 2.45) is 0 Å². The van der Waals surface area contributed by atoms with Gasteiger partial charge in [0.05, 0.1) is 0 Å². The third kappa shape index (κ3) is 4.62. The van der Waals surface area contributed by atoms with Gasteiger partial charge in [0.1, 0.15) is 0 Å². The Kier molecular flexibility index (Phi) is 6.53. The van der Waals surface area contributed by atoms with Crippen molar-refractivity contribution in [3.63, 3.8) is 0 Å². The Bertz CT molecular complexity index is 2720. The molecule has 0 N–H and O–H groups in total. The Balaban J connectivity index is 1.10. The van der Waals surface area contributed by atoms with Crippen LogP contribution in [0, 0.1) is 0 Å². The summed E-state index contributed by atoms with van der Waals surface area (Å²) in [5.41, 5.74) is 10.7. The standard InChI is InChI=1S/C48H33N3/c1-48(2)41-20-12-11-19-39(41)44-42(48)28-27-38-36-26-25-34(29-40(36)35-17-9-10-18-37(35)43(38)44)30-21-23-33(24-22-30)47-50-45(31-13-5-3-6-14-31)49-46(51-47)32-15-7-4-8-16-32/h3-29H,1-2H3. The van der Waals surface area contributed by atoms with Crippen molar-refractivity contribution in [1.82, 2.24) is 15.0 Å². The minimum absolute atomic E-state index is 0.0419. The summed E-state index contributed by atoms with van der Waals surface area (Å²) in [7, 11) is 0. The van der Waals surface area contributed by atoms with Gasteiger partial charge in [0, 0.05) is 22.1 Å². The summed E-state index contributed by atoms with van der Waals surface area (Å²) >= 11 is 0. The maximum absolute atomic E-state index is 4.93. The van der Waals surface area contributed by atoms with Crippen molar-refractivity contribution >= 4 is 32.3 Å². The smallest absolute Gasteiger partial charge is 0.164 e. The van der Waals surface area contributed by atoms with Crippen LogP contribution in [0.25, 0.3) is 88.7 Å². The summed E-state index contributed by atoms with van der Waals surface area (Å²) < 4.78 is 0. The van der Waals surface area contributed by atoms with Crippen LogP contribution in [-0.2, 0) is 5.41 Å². The lowest BCUT2D eigenvalue weighted by molar-refractivity contribution is 0.661. The van der Waals surface area contributed by atoms with Gasteiger partial charge >= 0.3 is 0 Å². The van der Waals surface area contributed by atoms with Gasteiger partial charge in [-0.1, -0.05) is 172 Å². The van der Waals surface area contributed by atoms with Crippen LogP contribution in [0.3, 0.4) is 0 Å². The van der Waals surface area contributed by atoms with Crippen LogP contribution in [0.4, 0.5) is 0 Å². The van der Waals surface area contributed by atoms with Crippen molar-refractivity contribution < 1.29 is 0 Å². The van der Waals surface area contributed by atoms with Gasteiger partial charge in [0.15, 0.2) is 17.5 Å². The lowest BCUT2D eigenvalue weighted by Crippen LogP contribution is -2.14. The summed E-state index contributed by atoms with van der Waals surface area (Å²) in [5, 5.41) is 7.78.